The van der Waals surface area contributed by atoms with Crippen molar-refractivity contribution in [3.05, 3.63) is 23.5 Å². The first-order valence-electron chi connectivity index (χ1n) is 6.91. The van der Waals surface area contributed by atoms with Crippen LogP contribution in [-0.2, 0) is 0 Å². The molecule has 0 unspecified atom stereocenters. The molecule has 0 bridgehead atoms. The van der Waals surface area contributed by atoms with E-state index in [0.717, 1.165) is 30.9 Å². The average molecular weight is 263 g/mol. The van der Waals surface area contributed by atoms with Gasteiger partial charge in [-0.05, 0) is 32.3 Å². The molecule has 106 valence electrons. The first-order valence-corrected chi connectivity index (χ1v) is 6.91. The van der Waals surface area contributed by atoms with Crippen molar-refractivity contribution in [2.45, 2.75) is 34.1 Å². The van der Waals surface area contributed by atoms with E-state index in [-0.39, 0.29) is 5.91 Å². The first-order chi connectivity index (χ1) is 8.95. The molecule has 1 aromatic heterocycles. The summed E-state index contributed by atoms with van der Waals surface area (Å²) in [6.45, 7) is 9.84. The van der Waals surface area contributed by atoms with Gasteiger partial charge >= 0.3 is 0 Å². The number of nitrogens with one attached hydrogen (secondary N) is 1. The predicted molar refractivity (Wildman–Crippen MR) is 79.6 cm³/mol. The van der Waals surface area contributed by atoms with Gasteiger partial charge in [-0.2, -0.15) is 0 Å². The molecule has 0 aliphatic carbocycles. The molecule has 0 aliphatic heterocycles. The van der Waals surface area contributed by atoms with E-state index in [1.165, 1.54) is 0 Å². The van der Waals surface area contributed by atoms with Gasteiger partial charge in [0.2, 0.25) is 0 Å². The Morgan fingerprint density at radius 2 is 2.16 bits per heavy atom. The highest BCUT2D eigenvalue weighted by molar-refractivity contribution is 5.99. The van der Waals surface area contributed by atoms with Gasteiger partial charge in [-0.3, -0.25) is 9.78 Å². The van der Waals surface area contributed by atoms with E-state index < -0.39 is 0 Å². The quantitative estimate of drug-likeness (QED) is 0.858. The lowest BCUT2D eigenvalue weighted by Crippen LogP contribution is -2.29. The van der Waals surface area contributed by atoms with E-state index in [9.17, 15) is 4.79 Å². The van der Waals surface area contributed by atoms with E-state index >= 15 is 0 Å². The van der Waals surface area contributed by atoms with Crippen LogP contribution >= 0.6 is 0 Å². The molecule has 1 aromatic rings. The van der Waals surface area contributed by atoms with Crippen LogP contribution in [0.1, 0.15) is 43.2 Å². The lowest BCUT2D eigenvalue weighted by molar-refractivity contribution is 0.0789. The molecule has 0 aliphatic rings. The van der Waals surface area contributed by atoms with Crippen LogP contribution in [0.25, 0.3) is 0 Å². The van der Waals surface area contributed by atoms with Crippen molar-refractivity contribution in [2.75, 3.05) is 25.5 Å². The van der Waals surface area contributed by atoms with Crippen molar-refractivity contribution in [3.63, 3.8) is 0 Å². The molecule has 0 saturated carbocycles. The van der Waals surface area contributed by atoms with Gasteiger partial charge < -0.3 is 10.2 Å². The Morgan fingerprint density at radius 3 is 2.74 bits per heavy atom. The van der Waals surface area contributed by atoms with Crippen LogP contribution in [0.15, 0.2) is 12.3 Å². The van der Waals surface area contributed by atoms with Gasteiger partial charge in [0.1, 0.15) is 0 Å². The molecule has 1 N–H and O–H groups in total. The Kier molecular flexibility index (Phi) is 5.80. The number of carbonyl (C=O) groups is 1. The van der Waals surface area contributed by atoms with Gasteiger partial charge in [0, 0.05) is 32.0 Å². The molecule has 4 heteroatoms. The largest absolute Gasteiger partial charge is 0.385 e. The number of aryl methyl sites for hydroxylation is 1. The minimum atomic E-state index is 0.0316. The van der Waals surface area contributed by atoms with Crippen LogP contribution in [0.5, 0.6) is 0 Å². The molecule has 19 heavy (non-hydrogen) atoms. The molecule has 1 amide bonds. The fraction of sp³-hybridized carbons (Fsp3) is 0.600. The fourth-order valence-corrected chi connectivity index (χ4v) is 1.83. The summed E-state index contributed by atoms with van der Waals surface area (Å²) >= 11 is 0. The zero-order valence-corrected chi connectivity index (χ0v) is 12.7. The van der Waals surface area contributed by atoms with E-state index in [2.05, 4.69) is 24.1 Å². The summed E-state index contributed by atoms with van der Waals surface area (Å²) in [5, 5.41) is 3.23. The summed E-state index contributed by atoms with van der Waals surface area (Å²) in [7, 11) is 1.85. The maximum absolute atomic E-state index is 12.4. The van der Waals surface area contributed by atoms with Crippen molar-refractivity contribution >= 4 is 11.6 Å². The van der Waals surface area contributed by atoms with E-state index in [0.29, 0.717) is 11.5 Å². The molecule has 1 heterocycles. The average Bonchev–Trinajstić information content (AvgIpc) is 2.35. The summed E-state index contributed by atoms with van der Waals surface area (Å²) in [5.74, 6) is 0.628. The summed E-state index contributed by atoms with van der Waals surface area (Å²) in [5.41, 5.74) is 2.44. The third-order valence-electron chi connectivity index (χ3n) is 3.03. The van der Waals surface area contributed by atoms with Crippen LogP contribution < -0.4 is 5.32 Å². The number of carbonyl (C=O) groups excluding carboxylic acids is 1. The Bertz CT molecular complexity index is 429. The number of anilines is 1. The minimum absolute atomic E-state index is 0.0316. The Morgan fingerprint density at radius 1 is 1.47 bits per heavy atom. The highest BCUT2D eigenvalue weighted by atomic mass is 16.2. The highest BCUT2D eigenvalue weighted by Crippen LogP contribution is 2.17. The topological polar surface area (TPSA) is 45.2 Å². The third kappa shape index (κ3) is 4.54. The van der Waals surface area contributed by atoms with Crippen LogP contribution in [0.2, 0.25) is 0 Å². The highest BCUT2D eigenvalue weighted by Gasteiger charge is 2.16. The second-order valence-electron chi connectivity index (χ2n) is 5.31. The van der Waals surface area contributed by atoms with Gasteiger partial charge in [0.25, 0.3) is 5.91 Å². The van der Waals surface area contributed by atoms with Crippen LogP contribution in [0.4, 0.5) is 5.69 Å². The number of amides is 1. The van der Waals surface area contributed by atoms with Crippen LogP contribution in [0, 0.1) is 12.8 Å². The molecule has 0 fully saturated rings. The monoisotopic (exact) mass is 263 g/mol. The van der Waals surface area contributed by atoms with Crippen molar-refractivity contribution in [1.29, 1.82) is 0 Å². The Labute approximate surface area is 116 Å². The summed E-state index contributed by atoms with van der Waals surface area (Å²) < 4.78 is 0. The fourth-order valence-electron chi connectivity index (χ4n) is 1.83. The summed E-state index contributed by atoms with van der Waals surface area (Å²) in [4.78, 5) is 18.4. The van der Waals surface area contributed by atoms with Gasteiger partial charge in [0.15, 0.2) is 0 Å². The van der Waals surface area contributed by atoms with Gasteiger partial charge in [-0.15, -0.1) is 0 Å². The number of rotatable bonds is 6. The molecule has 0 saturated heterocycles. The maximum Gasteiger partial charge on any atom is 0.257 e. The van der Waals surface area contributed by atoms with E-state index in [4.69, 9.17) is 0 Å². The number of pyridine rings is 1. The van der Waals surface area contributed by atoms with Crippen molar-refractivity contribution < 1.29 is 4.79 Å². The zero-order valence-electron chi connectivity index (χ0n) is 12.7. The molecule has 0 atom stereocenters. The first kappa shape index (κ1) is 15.5. The van der Waals surface area contributed by atoms with Crippen molar-refractivity contribution in [1.82, 2.24) is 9.88 Å². The van der Waals surface area contributed by atoms with Crippen molar-refractivity contribution in [3.8, 4) is 0 Å². The number of hydrogen-bond donors (Lipinski definition) is 1. The molecular weight excluding hydrogens is 238 g/mol. The molecular formula is C15H25N3O. The van der Waals surface area contributed by atoms with Gasteiger partial charge in [0.05, 0.1) is 11.3 Å². The SMILES string of the molecule is CCNc1cc(C)ncc1C(=O)N(C)CCC(C)C. The van der Waals surface area contributed by atoms with Crippen LogP contribution in [-0.4, -0.2) is 35.9 Å². The smallest absolute Gasteiger partial charge is 0.257 e. The second-order valence-corrected chi connectivity index (χ2v) is 5.31. The number of nitrogens with zero attached hydrogens (tertiary/aromatic N) is 2. The standard InChI is InChI=1S/C15H25N3O/c1-6-16-14-9-12(4)17-10-13(14)15(19)18(5)8-7-11(2)3/h9-11H,6-8H2,1-5H3,(H,16,17). The molecule has 0 radical (unpaired) electrons. The number of aromatic nitrogens is 1. The van der Waals surface area contributed by atoms with E-state index in [1.807, 2.05) is 27.0 Å². The Balaban J connectivity index is 2.86. The molecule has 0 aromatic carbocycles. The summed E-state index contributed by atoms with van der Waals surface area (Å²) in [6, 6.07) is 1.92. The van der Waals surface area contributed by atoms with E-state index in [1.54, 1.807) is 11.1 Å². The lowest BCUT2D eigenvalue weighted by atomic mass is 10.1. The van der Waals surface area contributed by atoms with Crippen molar-refractivity contribution in [2.24, 2.45) is 5.92 Å². The summed E-state index contributed by atoms with van der Waals surface area (Å²) in [6.07, 6.45) is 2.68. The van der Waals surface area contributed by atoms with Crippen LogP contribution in [0.3, 0.4) is 0 Å². The Hall–Kier alpha value is -1.58. The lowest BCUT2D eigenvalue weighted by Gasteiger charge is -2.20. The zero-order chi connectivity index (χ0) is 14.4. The normalized spacial score (nSPS) is 10.6. The maximum atomic E-state index is 12.4. The van der Waals surface area contributed by atoms with Gasteiger partial charge in [-0.1, -0.05) is 13.8 Å². The predicted octanol–water partition coefficient (Wildman–Crippen LogP) is 2.94. The third-order valence-corrected chi connectivity index (χ3v) is 3.03. The minimum Gasteiger partial charge on any atom is -0.385 e. The van der Waals surface area contributed by atoms with Gasteiger partial charge in [-0.25, -0.2) is 0 Å². The molecule has 0 spiro atoms. The second kappa shape index (κ2) is 7.12. The molecule has 4 nitrogen and oxygen atoms in total. The number of hydrogen-bond acceptors (Lipinski definition) is 3. The molecule has 1 rings (SSSR count).